The van der Waals surface area contributed by atoms with E-state index in [1.54, 1.807) is 12.4 Å². The number of rotatable bonds is 6. The number of hydrogen-bond donors (Lipinski definition) is 1. The Bertz CT molecular complexity index is 838. The first-order valence-electron chi connectivity index (χ1n) is 7.80. The summed E-state index contributed by atoms with van der Waals surface area (Å²) < 4.78 is 0. The van der Waals surface area contributed by atoms with Crippen LogP contribution < -0.4 is 5.32 Å². The molecule has 2 aromatic rings. The van der Waals surface area contributed by atoms with E-state index in [9.17, 15) is 0 Å². The van der Waals surface area contributed by atoms with E-state index < -0.39 is 0 Å². The summed E-state index contributed by atoms with van der Waals surface area (Å²) in [6, 6.07) is 13.4. The molecule has 0 amide bonds. The summed E-state index contributed by atoms with van der Waals surface area (Å²) in [7, 11) is 0. The fourth-order valence-corrected chi connectivity index (χ4v) is 2.14. The van der Waals surface area contributed by atoms with E-state index in [-0.39, 0.29) is 0 Å². The lowest BCUT2D eigenvalue weighted by Crippen LogP contribution is -2.13. The molecule has 1 aromatic carbocycles. The van der Waals surface area contributed by atoms with Crippen molar-refractivity contribution in [3.05, 3.63) is 90.2 Å². The highest BCUT2D eigenvalue weighted by Crippen LogP contribution is 2.09. The van der Waals surface area contributed by atoms with Gasteiger partial charge in [0.05, 0.1) is 0 Å². The predicted octanol–water partition coefficient (Wildman–Crippen LogP) is 3.72. The summed E-state index contributed by atoms with van der Waals surface area (Å²) in [5.74, 6) is 3.55. The number of benzene rings is 1. The van der Waals surface area contributed by atoms with Crippen LogP contribution in [-0.4, -0.2) is 17.0 Å². The zero-order valence-electron chi connectivity index (χ0n) is 14.2. The molecule has 4 heteroatoms. The summed E-state index contributed by atoms with van der Waals surface area (Å²) in [5.41, 5.74) is 3.42. The van der Waals surface area contributed by atoms with Crippen LogP contribution in [0.2, 0.25) is 0 Å². The summed E-state index contributed by atoms with van der Waals surface area (Å²) in [6.07, 6.45) is 9.38. The Balaban J connectivity index is 2.04. The number of nitrogens with zero attached hydrogens (tertiary/aromatic N) is 3. The number of aliphatic imine (C=N–C) groups is 2. The summed E-state index contributed by atoms with van der Waals surface area (Å²) >= 11 is 0. The molecule has 0 aliphatic heterocycles. The van der Waals surface area contributed by atoms with Crippen LogP contribution in [0.15, 0.2) is 83.3 Å². The molecule has 4 nitrogen and oxygen atoms in total. The van der Waals surface area contributed by atoms with Crippen molar-refractivity contribution in [3.63, 3.8) is 0 Å². The summed E-state index contributed by atoms with van der Waals surface area (Å²) in [4.78, 5) is 12.9. The van der Waals surface area contributed by atoms with Gasteiger partial charge in [0.15, 0.2) is 5.84 Å². The maximum atomic E-state index is 5.36. The number of pyridine rings is 1. The molecule has 0 radical (unpaired) electrons. The molecule has 0 atom stereocenters. The number of terminal acetylenes is 1. The van der Waals surface area contributed by atoms with Crippen LogP contribution in [0.4, 0.5) is 0 Å². The second-order valence-electron chi connectivity index (χ2n) is 5.23. The molecule has 0 fully saturated rings. The van der Waals surface area contributed by atoms with Gasteiger partial charge in [0, 0.05) is 30.1 Å². The highest BCUT2D eigenvalue weighted by molar-refractivity contribution is 6.01. The van der Waals surface area contributed by atoms with Crippen LogP contribution in [0.3, 0.4) is 0 Å². The monoisotopic (exact) mass is 328 g/mol. The third-order valence-corrected chi connectivity index (χ3v) is 3.25. The van der Waals surface area contributed by atoms with E-state index in [4.69, 9.17) is 6.42 Å². The topological polar surface area (TPSA) is 49.6 Å². The van der Waals surface area contributed by atoms with Gasteiger partial charge in [-0.05, 0) is 36.8 Å². The predicted molar refractivity (Wildman–Crippen MR) is 104 cm³/mol. The van der Waals surface area contributed by atoms with Gasteiger partial charge in [0.1, 0.15) is 11.5 Å². The number of allylic oxidation sites excluding steroid dienone is 1. The Kier molecular flexibility index (Phi) is 6.44. The van der Waals surface area contributed by atoms with Gasteiger partial charge < -0.3 is 5.32 Å². The van der Waals surface area contributed by atoms with E-state index in [0.29, 0.717) is 23.8 Å². The van der Waals surface area contributed by atoms with Gasteiger partial charge in [-0.1, -0.05) is 37.3 Å². The lowest BCUT2D eigenvalue weighted by molar-refractivity contribution is 0.905. The zero-order valence-corrected chi connectivity index (χ0v) is 14.2. The number of hydrogen-bond acceptors (Lipinski definition) is 3. The van der Waals surface area contributed by atoms with Crippen LogP contribution in [0, 0.1) is 12.3 Å². The minimum absolute atomic E-state index is 0.455. The highest BCUT2D eigenvalue weighted by atomic mass is 15.1. The smallest absolute Gasteiger partial charge is 0.179 e. The highest BCUT2D eigenvalue weighted by Gasteiger charge is 2.04. The van der Waals surface area contributed by atoms with E-state index in [1.165, 1.54) is 0 Å². The van der Waals surface area contributed by atoms with Gasteiger partial charge >= 0.3 is 0 Å². The average molecular weight is 328 g/mol. The minimum atomic E-state index is 0.455. The van der Waals surface area contributed by atoms with E-state index in [0.717, 1.165) is 16.8 Å². The summed E-state index contributed by atoms with van der Waals surface area (Å²) in [6.45, 7) is 9.77. The van der Waals surface area contributed by atoms with Crippen molar-refractivity contribution in [1.29, 1.82) is 0 Å². The average Bonchev–Trinajstić information content (AvgIpc) is 2.62. The van der Waals surface area contributed by atoms with Crippen molar-refractivity contribution in [3.8, 4) is 12.3 Å². The number of aromatic nitrogens is 1. The SMILES string of the molecule is C#Cc1ccc(CC(=C)NC(=C)/N=C(\N=CC)c2ccccn2)cc1. The van der Waals surface area contributed by atoms with Gasteiger partial charge in [-0.15, -0.1) is 6.42 Å². The van der Waals surface area contributed by atoms with E-state index >= 15 is 0 Å². The van der Waals surface area contributed by atoms with Crippen LogP contribution in [0.5, 0.6) is 0 Å². The fourth-order valence-electron chi connectivity index (χ4n) is 2.14. The Labute approximate surface area is 148 Å². The van der Waals surface area contributed by atoms with Crippen molar-refractivity contribution >= 4 is 12.1 Å². The lowest BCUT2D eigenvalue weighted by Gasteiger charge is -2.10. The van der Waals surface area contributed by atoms with E-state index in [2.05, 4.69) is 39.4 Å². The fraction of sp³-hybridized carbons (Fsp3) is 0.0952. The van der Waals surface area contributed by atoms with Crippen LogP contribution in [0.25, 0.3) is 0 Å². The molecule has 2 rings (SSSR count). The molecule has 0 aliphatic rings. The van der Waals surface area contributed by atoms with Crippen LogP contribution in [-0.2, 0) is 6.42 Å². The normalized spacial score (nSPS) is 11.1. The quantitative estimate of drug-likeness (QED) is 0.499. The van der Waals surface area contributed by atoms with Crippen LogP contribution in [0.1, 0.15) is 23.7 Å². The Hall–Kier alpha value is -3.45. The van der Waals surface area contributed by atoms with Crippen molar-refractivity contribution in [1.82, 2.24) is 10.3 Å². The number of nitrogens with one attached hydrogen (secondary N) is 1. The zero-order chi connectivity index (χ0) is 18.1. The molecular weight excluding hydrogens is 308 g/mol. The molecule has 0 saturated heterocycles. The standard InChI is InChI=1S/C21H20N4/c1-5-18-10-12-19(13-11-18)15-16(3)24-17(4)25-21(22-6-2)20-9-7-8-14-23-20/h1,6-14,24H,3-4,15H2,2H3/b22-6?,25-21-. The molecule has 0 saturated carbocycles. The molecule has 1 N–H and O–H groups in total. The molecule has 124 valence electrons. The van der Waals surface area contributed by atoms with Crippen molar-refractivity contribution in [2.24, 2.45) is 9.98 Å². The first kappa shape index (κ1) is 17.9. The maximum absolute atomic E-state index is 5.36. The van der Waals surface area contributed by atoms with Gasteiger partial charge in [0.25, 0.3) is 0 Å². The Morgan fingerprint density at radius 3 is 2.60 bits per heavy atom. The molecule has 0 unspecified atom stereocenters. The van der Waals surface area contributed by atoms with Crippen molar-refractivity contribution in [2.45, 2.75) is 13.3 Å². The maximum Gasteiger partial charge on any atom is 0.179 e. The first-order valence-corrected chi connectivity index (χ1v) is 7.80. The van der Waals surface area contributed by atoms with Crippen LogP contribution >= 0.6 is 0 Å². The second kappa shape index (κ2) is 8.99. The molecule has 0 aliphatic carbocycles. The molecule has 0 bridgehead atoms. The lowest BCUT2D eigenvalue weighted by atomic mass is 10.1. The van der Waals surface area contributed by atoms with E-state index in [1.807, 2.05) is 49.4 Å². The second-order valence-corrected chi connectivity index (χ2v) is 5.23. The van der Waals surface area contributed by atoms with Gasteiger partial charge in [-0.25, -0.2) is 9.98 Å². The minimum Gasteiger partial charge on any atom is -0.344 e. The third-order valence-electron chi connectivity index (χ3n) is 3.25. The largest absolute Gasteiger partial charge is 0.344 e. The molecular formula is C21H20N4. The summed E-state index contributed by atoms with van der Waals surface area (Å²) in [5, 5.41) is 3.10. The Morgan fingerprint density at radius 2 is 2.00 bits per heavy atom. The Morgan fingerprint density at radius 1 is 1.24 bits per heavy atom. The van der Waals surface area contributed by atoms with Gasteiger partial charge in [-0.2, -0.15) is 0 Å². The molecule has 1 aromatic heterocycles. The molecule has 1 heterocycles. The number of amidine groups is 1. The van der Waals surface area contributed by atoms with Gasteiger partial charge in [-0.3, -0.25) is 4.98 Å². The van der Waals surface area contributed by atoms with Crippen molar-refractivity contribution in [2.75, 3.05) is 0 Å². The molecule has 25 heavy (non-hydrogen) atoms. The van der Waals surface area contributed by atoms with Crippen molar-refractivity contribution < 1.29 is 0 Å². The molecule has 0 spiro atoms. The van der Waals surface area contributed by atoms with Gasteiger partial charge in [0.2, 0.25) is 0 Å². The third kappa shape index (κ3) is 5.60. The first-order chi connectivity index (χ1) is 12.1.